The molecule has 0 amide bonds. The van der Waals surface area contributed by atoms with Gasteiger partial charge in [0.15, 0.2) is 0 Å². The molecule has 2 unspecified atom stereocenters. The van der Waals surface area contributed by atoms with Crippen LogP contribution < -0.4 is 0 Å². The van der Waals surface area contributed by atoms with Gasteiger partial charge in [-0.2, -0.15) is 5.26 Å². The number of nitriles is 1. The molecule has 1 fully saturated rings. The lowest BCUT2D eigenvalue weighted by Crippen LogP contribution is -2.38. The van der Waals surface area contributed by atoms with Crippen LogP contribution in [-0.2, 0) is 11.3 Å². The molecule has 2 heterocycles. The summed E-state index contributed by atoms with van der Waals surface area (Å²) in [7, 11) is 0. The topological polar surface area (TPSA) is 77.2 Å². The number of rotatable bonds is 3. The second-order valence-electron chi connectivity index (χ2n) is 4.68. The lowest BCUT2D eigenvalue weighted by Gasteiger charge is -2.23. The molecule has 0 spiro atoms. The Morgan fingerprint density at radius 1 is 1.72 bits per heavy atom. The van der Waals surface area contributed by atoms with Crippen molar-refractivity contribution >= 4 is 5.97 Å². The predicted octanol–water partition coefficient (Wildman–Crippen LogP) is 1.25. The number of aromatic nitrogens is 1. The Morgan fingerprint density at radius 2 is 2.50 bits per heavy atom. The molecule has 18 heavy (non-hydrogen) atoms. The van der Waals surface area contributed by atoms with Crippen molar-refractivity contribution < 1.29 is 9.90 Å². The number of hydrogen-bond donors (Lipinski definition) is 1. The van der Waals surface area contributed by atoms with Crippen LogP contribution in [0.3, 0.4) is 0 Å². The minimum absolute atomic E-state index is 0.166. The molecular formula is C13H15N3O2. The van der Waals surface area contributed by atoms with Crippen molar-refractivity contribution in [2.75, 3.05) is 6.54 Å². The van der Waals surface area contributed by atoms with Gasteiger partial charge in [-0.25, -0.2) is 4.98 Å². The second-order valence-corrected chi connectivity index (χ2v) is 4.68. The fraction of sp³-hybridized carbons (Fsp3) is 0.462. The Bertz CT molecular complexity index is 495. The third kappa shape index (κ3) is 2.49. The minimum Gasteiger partial charge on any atom is -0.480 e. The zero-order valence-electron chi connectivity index (χ0n) is 10.2. The Balaban J connectivity index is 2.13. The van der Waals surface area contributed by atoms with E-state index in [0.29, 0.717) is 12.2 Å². The van der Waals surface area contributed by atoms with E-state index in [0.717, 1.165) is 18.5 Å². The summed E-state index contributed by atoms with van der Waals surface area (Å²) in [5.74, 6) is -0.602. The highest BCUT2D eigenvalue weighted by Crippen LogP contribution is 2.25. The summed E-state index contributed by atoms with van der Waals surface area (Å²) in [5, 5.41) is 18.0. The van der Waals surface area contributed by atoms with Crippen LogP contribution in [0.25, 0.3) is 0 Å². The Morgan fingerprint density at radius 3 is 3.17 bits per heavy atom. The van der Waals surface area contributed by atoms with Gasteiger partial charge in [-0.3, -0.25) is 9.69 Å². The Hall–Kier alpha value is -1.93. The second kappa shape index (κ2) is 5.15. The van der Waals surface area contributed by atoms with Crippen molar-refractivity contribution in [3.63, 3.8) is 0 Å². The van der Waals surface area contributed by atoms with Gasteiger partial charge in [-0.15, -0.1) is 0 Å². The number of aliphatic carboxylic acids is 1. The van der Waals surface area contributed by atoms with E-state index in [1.807, 2.05) is 24.0 Å². The zero-order chi connectivity index (χ0) is 13.1. The highest BCUT2D eigenvalue weighted by Gasteiger charge is 2.36. The molecule has 5 heteroatoms. The van der Waals surface area contributed by atoms with E-state index >= 15 is 0 Å². The minimum atomic E-state index is -0.769. The van der Waals surface area contributed by atoms with Crippen LogP contribution in [0.15, 0.2) is 18.3 Å². The van der Waals surface area contributed by atoms with E-state index in [-0.39, 0.29) is 5.92 Å². The van der Waals surface area contributed by atoms with Crippen LogP contribution in [-0.4, -0.2) is 33.5 Å². The van der Waals surface area contributed by atoms with Gasteiger partial charge in [0, 0.05) is 12.7 Å². The van der Waals surface area contributed by atoms with Crippen molar-refractivity contribution in [1.29, 1.82) is 5.26 Å². The maximum atomic E-state index is 11.2. The molecule has 2 rings (SSSR count). The molecule has 1 saturated heterocycles. The number of hydrogen-bond acceptors (Lipinski definition) is 4. The number of carboxylic acids is 1. The molecule has 1 aromatic rings. The number of likely N-dealkylation sites (tertiary alicyclic amines) is 1. The summed E-state index contributed by atoms with van der Waals surface area (Å²) < 4.78 is 0. The van der Waals surface area contributed by atoms with Crippen LogP contribution in [0, 0.1) is 17.2 Å². The molecule has 1 aliphatic rings. The first kappa shape index (κ1) is 12.5. The fourth-order valence-corrected chi connectivity index (χ4v) is 2.47. The predicted molar refractivity (Wildman–Crippen MR) is 64.6 cm³/mol. The van der Waals surface area contributed by atoms with Crippen molar-refractivity contribution in [2.45, 2.75) is 25.9 Å². The molecule has 1 aliphatic heterocycles. The number of carbonyl (C=O) groups is 1. The summed E-state index contributed by atoms with van der Waals surface area (Å²) in [6.07, 6.45) is 2.48. The average Bonchev–Trinajstić information content (AvgIpc) is 2.70. The summed E-state index contributed by atoms with van der Waals surface area (Å²) in [4.78, 5) is 17.1. The summed E-state index contributed by atoms with van der Waals surface area (Å²) in [6, 6.07) is 5.09. The first-order valence-corrected chi connectivity index (χ1v) is 5.93. The van der Waals surface area contributed by atoms with Crippen molar-refractivity contribution in [2.24, 2.45) is 5.92 Å². The fourth-order valence-electron chi connectivity index (χ4n) is 2.47. The van der Waals surface area contributed by atoms with Gasteiger partial charge in [0.1, 0.15) is 17.8 Å². The molecule has 0 aromatic carbocycles. The molecule has 1 aromatic heterocycles. The number of nitrogens with zero attached hydrogens (tertiary/aromatic N) is 3. The van der Waals surface area contributed by atoms with E-state index in [1.165, 1.54) is 0 Å². The molecule has 0 radical (unpaired) electrons. The van der Waals surface area contributed by atoms with Crippen LogP contribution in [0.4, 0.5) is 0 Å². The van der Waals surface area contributed by atoms with Crippen LogP contribution in [0.2, 0.25) is 0 Å². The van der Waals surface area contributed by atoms with Gasteiger partial charge in [0.05, 0.1) is 0 Å². The average molecular weight is 245 g/mol. The smallest absolute Gasteiger partial charge is 0.321 e. The Labute approximate surface area is 106 Å². The van der Waals surface area contributed by atoms with Gasteiger partial charge >= 0.3 is 5.97 Å². The van der Waals surface area contributed by atoms with Crippen LogP contribution >= 0.6 is 0 Å². The first-order valence-electron chi connectivity index (χ1n) is 5.93. The lowest BCUT2D eigenvalue weighted by molar-refractivity contribution is -0.143. The van der Waals surface area contributed by atoms with E-state index in [9.17, 15) is 9.90 Å². The van der Waals surface area contributed by atoms with Crippen molar-refractivity contribution in [1.82, 2.24) is 9.88 Å². The normalized spacial score (nSPS) is 23.8. The van der Waals surface area contributed by atoms with E-state index in [1.54, 1.807) is 12.3 Å². The van der Waals surface area contributed by atoms with E-state index in [2.05, 4.69) is 4.98 Å². The van der Waals surface area contributed by atoms with Crippen LogP contribution in [0.5, 0.6) is 0 Å². The van der Waals surface area contributed by atoms with Crippen LogP contribution in [0.1, 0.15) is 24.6 Å². The van der Waals surface area contributed by atoms with Gasteiger partial charge in [0.25, 0.3) is 0 Å². The third-order valence-corrected chi connectivity index (χ3v) is 3.38. The molecular weight excluding hydrogens is 230 g/mol. The summed E-state index contributed by atoms with van der Waals surface area (Å²) >= 11 is 0. The van der Waals surface area contributed by atoms with E-state index in [4.69, 9.17) is 5.26 Å². The SMILES string of the molecule is CC1CCN(Cc2ccnc(C#N)c2)C1C(=O)O. The monoisotopic (exact) mass is 245 g/mol. The molecule has 2 atom stereocenters. The van der Waals surface area contributed by atoms with Gasteiger partial charge < -0.3 is 5.11 Å². The summed E-state index contributed by atoms with van der Waals surface area (Å²) in [6.45, 7) is 3.30. The van der Waals surface area contributed by atoms with Gasteiger partial charge in [-0.1, -0.05) is 6.92 Å². The molecule has 5 nitrogen and oxygen atoms in total. The Kier molecular flexibility index (Phi) is 3.58. The molecule has 0 bridgehead atoms. The molecule has 0 aliphatic carbocycles. The largest absolute Gasteiger partial charge is 0.480 e. The molecule has 1 N–H and O–H groups in total. The van der Waals surface area contributed by atoms with Crippen molar-refractivity contribution in [3.05, 3.63) is 29.6 Å². The number of carboxylic acid groups (broad SMARTS) is 1. The molecule has 0 saturated carbocycles. The van der Waals surface area contributed by atoms with Gasteiger partial charge in [0.2, 0.25) is 0 Å². The third-order valence-electron chi connectivity index (χ3n) is 3.38. The molecule has 94 valence electrons. The van der Waals surface area contributed by atoms with Crippen molar-refractivity contribution in [3.8, 4) is 6.07 Å². The first-order chi connectivity index (χ1) is 8.61. The number of pyridine rings is 1. The maximum absolute atomic E-state index is 11.2. The standard InChI is InChI=1S/C13H15N3O2/c1-9-3-5-16(12(9)13(17)18)8-10-2-4-15-11(6-10)7-14/h2,4,6,9,12H,3,5,8H2,1H3,(H,17,18). The van der Waals surface area contributed by atoms with E-state index < -0.39 is 12.0 Å². The highest BCUT2D eigenvalue weighted by atomic mass is 16.4. The highest BCUT2D eigenvalue weighted by molar-refractivity contribution is 5.74. The lowest BCUT2D eigenvalue weighted by atomic mass is 10.0. The summed E-state index contributed by atoms with van der Waals surface area (Å²) in [5.41, 5.74) is 1.30. The zero-order valence-corrected chi connectivity index (χ0v) is 10.2. The van der Waals surface area contributed by atoms with Gasteiger partial charge in [-0.05, 0) is 36.6 Å². The maximum Gasteiger partial charge on any atom is 0.321 e. The quantitative estimate of drug-likeness (QED) is 0.867.